The van der Waals surface area contributed by atoms with Gasteiger partial charge in [0, 0.05) is 12.2 Å². The Hall–Kier alpha value is -0.760. The summed E-state index contributed by atoms with van der Waals surface area (Å²) in [6.45, 7) is 1.53. The van der Waals surface area contributed by atoms with Crippen LogP contribution in [-0.2, 0) is 4.79 Å². The van der Waals surface area contributed by atoms with Crippen molar-refractivity contribution in [3.8, 4) is 0 Å². The molecular weight excluding hydrogens is 353 g/mol. The number of hydrogen-bond acceptors (Lipinski definition) is 2. The zero-order valence-corrected chi connectivity index (χ0v) is 11.8. The van der Waals surface area contributed by atoms with Crippen LogP contribution in [0.5, 0.6) is 0 Å². The molecule has 1 unspecified atom stereocenters. The second-order valence-electron chi connectivity index (χ2n) is 4.29. The van der Waals surface area contributed by atoms with Gasteiger partial charge in [-0.05, 0) is 54.1 Å². The fourth-order valence-electron chi connectivity index (χ4n) is 1.95. The van der Waals surface area contributed by atoms with E-state index in [0.717, 1.165) is 31.5 Å². The molecule has 3 nitrogen and oxygen atoms in total. The number of rotatable bonds is 2. The molecule has 18 heavy (non-hydrogen) atoms. The number of piperidine rings is 1. The number of benzene rings is 1. The van der Waals surface area contributed by atoms with Gasteiger partial charge in [-0.1, -0.05) is 0 Å². The molecule has 98 valence electrons. The van der Waals surface area contributed by atoms with Crippen molar-refractivity contribution >= 4 is 34.2 Å². The van der Waals surface area contributed by atoms with Crippen LogP contribution in [0.25, 0.3) is 0 Å². The van der Waals surface area contributed by atoms with Crippen LogP contribution in [0.4, 0.5) is 14.5 Å². The summed E-state index contributed by atoms with van der Waals surface area (Å²) in [6.07, 6.45) is 1.74. The molecule has 0 aliphatic carbocycles. The molecule has 1 aliphatic heterocycles. The maximum absolute atomic E-state index is 13.3. The van der Waals surface area contributed by atoms with Crippen molar-refractivity contribution in [2.45, 2.75) is 12.8 Å². The molecule has 1 fully saturated rings. The number of carbonyl (C=O) groups excluding carboxylic acids is 1. The second kappa shape index (κ2) is 5.92. The van der Waals surface area contributed by atoms with Crippen LogP contribution in [0.15, 0.2) is 12.1 Å². The van der Waals surface area contributed by atoms with Gasteiger partial charge < -0.3 is 10.6 Å². The Morgan fingerprint density at radius 2 is 2.06 bits per heavy atom. The van der Waals surface area contributed by atoms with Crippen LogP contribution in [0, 0.1) is 21.1 Å². The number of halogens is 3. The van der Waals surface area contributed by atoms with E-state index in [4.69, 9.17) is 0 Å². The normalized spacial score (nSPS) is 19.6. The van der Waals surface area contributed by atoms with E-state index in [9.17, 15) is 13.6 Å². The molecule has 1 heterocycles. The lowest BCUT2D eigenvalue weighted by atomic mass is 9.99. The summed E-state index contributed by atoms with van der Waals surface area (Å²) in [5.74, 6) is -1.65. The quantitative estimate of drug-likeness (QED) is 0.624. The van der Waals surface area contributed by atoms with Crippen molar-refractivity contribution < 1.29 is 13.6 Å². The van der Waals surface area contributed by atoms with Crippen LogP contribution in [0.2, 0.25) is 0 Å². The Labute approximate surface area is 117 Å². The van der Waals surface area contributed by atoms with Crippen LogP contribution in [0.1, 0.15) is 12.8 Å². The number of anilines is 1. The van der Waals surface area contributed by atoms with Gasteiger partial charge in [0.15, 0.2) is 0 Å². The molecule has 0 aromatic heterocycles. The minimum Gasteiger partial charge on any atom is -0.326 e. The Morgan fingerprint density at radius 1 is 1.39 bits per heavy atom. The van der Waals surface area contributed by atoms with Crippen LogP contribution in [0.3, 0.4) is 0 Å². The van der Waals surface area contributed by atoms with Crippen molar-refractivity contribution in [3.63, 3.8) is 0 Å². The van der Waals surface area contributed by atoms with Gasteiger partial charge in [-0.2, -0.15) is 0 Å². The minimum absolute atomic E-state index is 0.0649. The van der Waals surface area contributed by atoms with Gasteiger partial charge in [-0.15, -0.1) is 0 Å². The Kier molecular flexibility index (Phi) is 4.50. The highest BCUT2D eigenvalue weighted by molar-refractivity contribution is 14.1. The predicted molar refractivity (Wildman–Crippen MR) is 73.3 cm³/mol. The summed E-state index contributed by atoms with van der Waals surface area (Å²) >= 11 is 1.59. The van der Waals surface area contributed by atoms with E-state index >= 15 is 0 Å². The molecule has 1 atom stereocenters. The fraction of sp³-hybridized carbons (Fsp3) is 0.417. The van der Waals surface area contributed by atoms with E-state index in [2.05, 4.69) is 10.6 Å². The first-order chi connectivity index (χ1) is 8.58. The van der Waals surface area contributed by atoms with E-state index in [0.29, 0.717) is 6.54 Å². The maximum Gasteiger partial charge on any atom is 0.228 e. The first kappa shape index (κ1) is 13.7. The van der Waals surface area contributed by atoms with E-state index in [1.54, 1.807) is 22.6 Å². The molecule has 0 spiro atoms. The first-order valence-corrected chi connectivity index (χ1v) is 6.82. The van der Waals surface area contributed by atoms with Gasteiger partial charge >= 0.3 is 0 Å². The van der Waals surface area contributed by atoms with Gasteiger partial charge in [0.1, 0.15) is 11.6 Å². The zero-order valence-electron chi connectivity index (χ0n) is 9.60. The summed E-state index contributed by atoms with van der Waals surface area (Å²) in [7, 11) is 0. The second-order valence-corrected chi connectivity index (χ2v) is 5.37. The van der Waals surface area contributed by atoms with Crippen molar-refractivity contribution in [1.29, 1.82) is 0 Å². The molecule has 1 amide bonds. The van der Waals surface area contributed by atoms with E-state index < -0.39 is 11.6 Å². The van der Waals surface area contributed by atoms with E-state index in [1.807, 2.05) is 0 Å². The van der Waals surface area contributed by atoms with Crippen molar-refractivity contribution in [2.24, 2.45) is 5.92 Å². The molecule has 6 heteroatoms. The Morgan fingerprint density at radius 3 is 2.61 bits per heavy atom. The third kappa shape index (κ3) is 3.17. The third-order valence-corrected chi connectivity index (χ3v) is 3.95. The summed E-state index contributed by atoms with van der Waals surface area (Å²) < 4.78 is 26.6. The van der Waals surface area contributed by atoms with Gasteiger partial charge in [0.05, 0.1) is 9.49 Å². The van der Waals surface area contributed by atoms with Gasteiger partial charge in [-0.25, -0.2) is 8.78 Å². The number of amides is 1. The topological polar surface area (TPSA) is 41.1 Å². The maximum atomic E-state index is 13.3. The highest BCUT2D eigenvalue weighted by Gasteiger charge is 2.21. The molecular formula is C12H13F2IN2O. The summed E-state index contributed by atoms with van der Waals surface area (Å²) in [5.41, 5.74) is 0.168. The summed E-state index contributed by atoms with van der Waals surface area (Å²) in [5, 5.41) is 5.68. The SMILES string of the molecule is O=C(Nc1cc(F)c(I)c(F)c1)C1CCCNC1. The lowest BCUT2D eigenvalue weighted by Gasteiger charge is -2.21. The standard InChI is InChI=1S/C12H13F2IN2O/c13-9-4-8(5-10(14)11(9)15)17-12(18)7-2-1-3-16-6-7/h4-5,7,16H,1-3,6H2,(H,17,18). The monoisotopic (exact) mass is 366 g/mol. The van der Waals surface area contributed by atoms with E-state index in [-0.39, 0.29) is 21.1 Å². The highest BCUT2D eigenvalue weighted by atomic mass is 127. The van der Waals surface area contributed by atoms with Gasteiger partial charge in [0.25, 0.3) is 0 Å². The predicted octanol–water partition coefficient (Wildman–Crippen LogP) is 2.51. The number of hydrogen-bond donors (Lipinski definition) is 2. The molecule has 0 bridgehead atoms. The molecule has 1 aromatic rings. The number of carbonyl (C=O) groups is 1. The smallest absolute Gasteiger partial charge is 0.228 e. The first-order valence-electron chi connectivity index (χ1n) is 5.74. The highest BCUT2D eigenvalue weighted by Crippen LogP contribution is 2.21. The molecule has 0 saturated carbocycles. The molecule has 1 saturated heterocycles. The number of nitrogens with one attached hydrogen (secondary N) is 2. The summed E-state index contributed by atoms with van der Waals surface area (Å²) in [4.78, 5) is 11.9. The molecule has 0 radical (unpaired) electrons. The van der Waals surface area contributed by atoms with Crippen LogP contribution >= 0.6 is 22.6 Å². The van der Waals surface area contributed by atoms with Crippen molar-refractivity contribution in [1.82, 2.24) is 5.32 Å². The molecule has 1 aromatic carbocycles. The van der Waals surface area contributed by atoms with E-state index in [1.165, 1.54) is 0 Å². The fourth-order valence-corrected chi connectivity index (χ4v) is 2.26. The lowest BCUT2D eigenvalue weighted by molar-refractivity contribution is -0.120. The van der Waals surface area contributed by atoms with Crippen LogP contribution < -0.4 is 10.6 Å². The molecule has 1 aliphatic rings. The Balaban J connectivity index is 2.06. The summed E-state index contributed by atoms with van der Waals surface area (Å²) in [6, 6.07) is 2.28. The average molecular weight is 366 g/mol. The molecule has 2 N–H and O–H groups in total. The zero-order chi connectivity index (χ0) is 13.1. The third-order valence-electron chi connectivity index (χ3n) is 2.92. The van der Waals surface area contributed by atoms with Gasteiger partial charge in [0.2, 0.25) is 5.91 Å². The largest absolute Gasteiger partial charge is 0.326 e. The minimum atomic E-state index is -0.660. The lowest BCUT2D eigenvalue weighted by Crippen LogP contribution is -2.37. The van der Waals surface area contributed by atoms with Gasteiger partial charge in [-0.3, -0.25) is 4.79 Å². The van der Waals surface area contributed by atoms with Crippen LogP contribution in [-0.4, -0.2) is 19.0 Å². The Bertz CT molecular complexity index is 438. The van der Waals surface area contributed by atoms with Crippen molar-refractivity contribution in [3.05, 3.63) is 27.3 Å². The van der Waals surface area contributed by atoms with Crippen molar-refractivity contribution in [2.75, 3.05) is 18.4 Å². The molecule has 2 rings (SSSR count). The average Bonchev–Trinajstić information content (AvgIpc) is 2.37.